The van der Waals surface area contributed by atoms with Crippen molar-refractivity contribution < 1.29 is 0 Å². The summed E-state index contributed by atoms with van der Waals surface area (Å²) in [4.78, 5) is 0. The molecule has 0 heterocycles. The van der Waals surface area contributed by atoms with Crippen LogP contribution in [-0.4, -0.2) is 6.54 Å². The zero-order chi connectivity index (χ0) is 13.4. The van der Waals surface area contributed by atoms with Crippen molar-refractivity contribution in [3.05, 3.63) is 34.3 Å². The molecule has 102 valence electrons. The third kappa shape index (κ3) is 5.11. The second kappa shape index (κ2) is 8.71. The topological polar surface area (TPSA) is 26.0 Å². The van der Waals surface area contributed by atoms with Crippen LogP contribution in [0.5, 0.6) is 0 Å². The van der Waals surface area contributed by atoms with E-state index < -0.39 is 0 Å². The van der Waals surface area contributed by atoms with Crippen molar-refractivity contribution >= 4 is 15.9 Å². The molecule has 0 aliphatic carbocycles. The van der Waals surface area contributed by atoms with Gasteiger partial charge >= 0.3 is 0 Å². The van der Waals surface area contributed by atoms with Crippen molar-refractivity contribution in [2.24, 2.45) is 11.7 Å². The van der Waals surface area contributed by atoms with Crippen molar-refractivity contribution in [3.8, 4) is 0 Å². The average molecular weight is 312 g/mol. The molecule has 0 spiro atoms. The van der Waals surface area contributed by atoms with Gasteiger partial charge in [-0.15, -0.1) is 0 Å². The normalized spacial score (nSPS) is 14.4. The maximum absolute atomic E-state index is 5.97. The van der Waals surface area contributed by atoms with Gasteiger partial charge in [-0.1, -0.05) is 67.6 Å². The zero-order valence-corrected chi connectivity index (χ0v) is 13.2. The molecule has 0 aliphatic heterocycles. The molecule has 0 bridgehead atoms. The Morgan fingerprint density at radius 2 is 2.06 bits per heavy atom. The first-order valence-corrected chi connectivity index (χ1v) is 7.96. The summed E-state index contributed by atoms with van der Waals surface area (Å²) in [5.41, 5.74) is 7.35. The zero-order valence-electron chi connectivity index (χ0n) is 11.7. The molecule has 2 N–H and O–H groups in total. The lowest BCUT2D eigenvalue weighted by molar-refractivity contribution is 0.387. The van der Waals surface area contributed by atoms with Gasteiger partial charge in [0.15, 0.2) is 0 Å². The van der Waals surface area contributed by atoms with Crippen LogP contribution in [0.3, 0.4) is 0 Å². The molecule has 0 saturated heterocycles. The lowest BCUT2D eigenvalue weighted by atomic mass is 9.85. The number of nitrogens with two attached hydrogens (primary N) is 1. The standard InChI is InChI=1S/C16H26BrN/c1-3-5-7-13(4-2)10-15(12-18)14-8-6-9-16(17)11-14/h6,8-9,11,13,15H,3-5,7,10,12,18H2,1-2H3. The summed E-state index contributed by atoms with van der Waals surface area (Å²) in [6.45, 7) is 5.31. The monoisotopic (exact) mass is 311 g/mol. The Hall–Kier alpha value is -0.340. The fourth-order valence-electron chi connectivity index (χ4n) is 2.51. The molecule has 2 unspecified atom stereocenters. The highest BCUT2D eigenvalue weighted by atomic mass is 79.9. The van der Waals surface area contributed by atoms with Crippen LogP contribution in [0.4, 0.5) is 0 Å². The van der Waals surface area contributed by atoms with Gasteiger partial charge in [0.2, 0.25) is 0 Å². The van der Waals surface area contributed by atoms with Crippen molar-refractivity contribution in [1.29, 1.82) is 0 Å². The summed E-state index contributed by atoms with van der Waals surface area (Å²) in [5, 5.41) is 0. The quantitative estimate of drug-likeness (QED) is 0.710. The summed E-state index contributed by atoms with van der Waals surface area (Å²) < 4.78 is 1.15. The minimum absolute atomic E-state index is 0.504. The second-order valence-electron chi connectivity index (χ2n) is 5.14. The van der Waals surface area contributed by atoms with Gasteiger partial charge in [0.25, 0.3) is 0 Å². The fourth-order valence-corrected chi connectivity index (χ4v) is 2.93. The van der Waals surface area contributed by atoms with Gasteiger partial charge in [-0.3, -0.25) is 0 Å². The molecule has 0 saturated carbocycles. The predicted octanol–water partition coefficient (Wildman–Crippen LogP) is 5.10. The molecule has 1 aromatic rings. The van der Waals surface area contributed by atoms with Crippen LogP contribution in [0.2, 0.25) is 0 Å². The number of hydrogen-bond donors (Lipinski definition) is 1. The molecule has 1 aromatic carbocycles. The first-order chi connectivity index (χ1) is 8.71. The molecular formula is C16H26BrN. The highest BCUT2D eigenvalue weighted by Gasteiger charge is 2.15. The fraction of sp³-hybridized carbons (Fsp3) is 0.625. The number of unbranched alkanes of at least 4 members (excludes halogenated alkanes) is 1. The van der Waals surface area contributed by atoms with Crippen molar-refractivity contribution in [1.82, 2.24) is 0 Å². The molecule has 2 heteroatoms. The van der Waals surface area contributed by atoms with Crippen LogP contribution in [0.15, 0.2) is 28.7 Å². The maximum Gasteiger partial charge on any atom is 0.0178 e. The van der Waals surface area contributed by atoms with Crippen molar-refractivity contribution in [3.63, 3.8) is 0 Å². The largest absolute Gasteiger partial charge is 0.330 e. The first-order valence-electron chi connectivity index (χ1n) is 7.16. The minimum Gasteiger partial charge on any atom is -0.330 e. The summed E-state index contributed by atoms with van der Waals surface area (Å²) in [6.07, 6.45) is 6.47. The molecule has 0 aromatic heterocycles. The van der Waals surface area contributed by atoms with Crippen molar-refractivity contribution in [2.75, 3.05) is 6.54 Å². The smallest absolute Gasteiger partial charge is 0.0178 e. The van der Waals surface area contributed by atoms with Gasteiger partial charge < -0.3 is 5.73 Å². The highest BCUT2D eigenvalue weighted by Crippen LogP contribution is 2.29. The molecule has 0 fully saturated rings. The molecule has 18 heavy (non-hydrogen) atoms. The third-order valence-electron chi connectivity index (χ3n) is 3.77. The van der Waals surface area contributed by atoms with E-state index >= 15 is 0 Å². The average Bonchev–Trinajstić information content (AvgIpc) is 2.39. The molecule has 0 amide bonds. The van der Waals surface area contributed by atoms with Crippen LogP contribution in [0.1, 0.15) is 57.4 Å². The van der Waals surface area contributed by atoms with E-state index in [4.69, 9.17) is 5.73 Å². The van der Waals surface area contributed by atoms with E-state index in [9.17, 15) is 0 Å². The molecule has 1 rings (SSSR count). The summed E-state index contributed by atoms with van der Waals surface area (Å²) in [5.74, 6) is 1.32. The highest BCUT2D eigenvalue weighted by molar-refractivity contribution is 9.10. The van der Waals surface area contributed by atoms with Crippen LogP contribution < -0.4 is 5.73 Å². The molecule has 1 nitrogen and oxygen atoms in total. The third-order valence-corrected chi connectivity index (χ3v) is 4.26. The van der Waals surface area contributed by atoms with Crippen LogP contribution in [0.25, 0.3) is 0 Å². The van der Waals surface area contributed by atoms with E-state index in [1.165, 1.54) is 37.7 Å². The van der Waals surface area contributed by atoms with Crippen LogP contribution >= 0.6 is 15.9 Å². The van der Waals surface area contributed by atoms with Crippen LogP contribution in [0, 0.1) is 5.92 Å². The number of hydrogen-bond acceptors (Lipinski definition) is 1. The molecular weight excluding hydrogens is 286 g/mol. The van der Waals surface area contributed by atoms with E-state index in [1.807, 2.05) is 0 Å². The Labute approximate surface area is 120 Å². The Morgan fingerprint density at radius 3 is 2.61 bits per heavy atom. The van der Waals surface area contributed by atoms with E-state index in [1.54, 1.807) is 0 Å². The number of benzene rings is 1. The van der Waals surface area contributed by atoms with Gasteiger partial charge in [-0.2, -0.15) is 0 Å². The van der Waals surface area contributed by atoms with Crippen molar-refractivity contribution in [2.45, 2.75) is 51.9 Å². The van der Waals surface area contributed by atoms with Gasteiger partial charge in [0, 0.05) is 4.47 Å². The Kier molecular flexibility index (Phi) is 7.60. The maximum atomic E-state index is 5.97. The summed E-state index contributed by atoms with van der Waals surface area (Å²) in [6, 6.07) is 8.60. The van der Waals surface area contributed by atoms with Crippen LogP contribution in [-0.2, 0) is 0 Å². The Morgan fingerprint density at radius 1 is 1.28 bits per heavy atom. The lowest BCUT2D eigenvalue weighted by Gasteiger charge is -2.22. The second-order valence-corrected chi connectivity index (χ2v) is 6.06. The lowest BCUT2D eigenvalue weighted by Crippen LogP contribution is -2.16. The predicted molar refractivity (Wildman–Crippen MR) is 83.9 cm³/mol. The molecule has 0 aliphatic rings. The summed E-state index contributed by atoms with van der Waals surface area (Å²) in [7, 11) is 0. The molecule has 0 radical (unpaired) electrons. The van der Waals surface area contributed by atoms with Gasteiger partial charge in [0.05, 0.1) is 0 Å². The van der Waals surface area contributed by atoms with E-state index in [0.717, 1.165) is 16.9 Å². The Bertz CT molecular complexity index is 338. The summed E-state index contributed by atoms with van der Waals surface area (Å²) >= 11 is 3.54. The van der Waals surface area contributed by atoms with E-state index in [-0.39, 0.29) is 0 Å². The Balaban J connectivity index is 2.65. The first kappa shape index (κ1) is 15.7. The van der Waals surface area contributed by atoms with E-state index in [2.05, 4.69) is 54.0 Å². The van der Waals surface area contributed by atoms with E-state index in [0.29, 0.717) is 5.92 Å². The molecule has 2 atom stereocenters. The van der Waals surface area contributed by atoms with Gasteiger partial charge in [-0.05, 0) is 42.5 Å². The van der Waals surface area contributed by atoms with Gasteiger partial charge in [0.1, 0.15) is 0 Å². The van der Waals surface area contributed by atoms with Gasteiger partial charge in [-0.25, -0.2) is 0 Å². The minimum atomic E-state index is 0.504. The number of halogens is 1. The SMILES string of the molecule is CCCCC(CC)CC(CN)c1cccc(Br)c1. The number of rotatable bonds is 8.